The molecular weight excluding hydrogens is 304 g/mol. The molecule has 6 heteroatoms. The highest BCUT2D eigenvalue weighted by molar-refractivity contribution is 5.91. The lowest BCUT2D eigenvalue weighted by Gasteiger charge is -2.25. The summed E-state index contributed by atoms with van der Waals surface area (Å²) in [5.41, 5.74) is 1.65. The highest BCUT2D eigenvalue weighted by atomic mass is 16.5. The Bertz CT molecular complexity index is 646. The molecule has 128 valence electrons. The summed E-state index contributed by atoms with van der Waals surface area (Å²) in [4.78, 5) is 20.6. The molecule has 0 bridgehead atoms. The minimum absolute atomic E-state index is 0.162. The number of pyridine rings is 1. The Morgan fingerprint density at radius 1 is 1.17 bits per heavy atom. The number of nitrogens with one attached hydrogen (secondary N) is 1. The minimum Gasteiger partial charge on any atom is -0.495 e. The fraction of sp³-hybridized carbons (Fsp3) is 0.333. The second-order valence-electron chi connectivity index (χ2n) is 5.72. The van der Waals surface area contributed by atoms with E-state index < -0.39 is 0 Å². The summed E-state index contributed by atoms with van der Waals surface area (Å²) in [5, 5.41) is 2.93. The maximum Gasteiger partial charge on any atom is 0.322 e. The van der Waals surface area contributed by atoms with Crippen molar-refractivity contribution in [1.82, 2.24) is 14.8 Å². The molecule has 2 aromatic rings. The fourth-order valence-corrected chi connectivity index (χ4v) is 2.23. The molecule has 1 aromatic carbocycles. The number of amides is 2. The van der Waals surface area contributed by atoms with Crippen molar-refractivity contribution in [2.24, 2.45) is 0 Å². The smallest absolute Gasteiger partial charge is 0.322 e. The van der Waals surface area contributed by atoms with Gasteiger partial charge in [0, 0.05) is 32.0 Å². The monoisotopic (exact) mass is 328 g/mol. The van der Waals surface area contributed by atoms with Gasteiger partial charge in [0.05, 0.1) is 12.8 Å². The number of carbonyl (C=O) groups excluding carboxylic acids is 1. The van der Waals surface area contributed by atoms with Gasteiger partial charge >= 0.3 is 6.03 Å². The first-order chi connectivity index (χ1) is 11.6. The van der Waals surface area contributed by atoms with Gasteiger partial charge in [0.15, 0.2) is 0 Å². The van der Waals surface area contributed by atoms with Gasteiger partial charge in [-0.3, -0.25) is 4.98 Å². The number of hydrogen-bond acceptors (Lipinski definition) is 4. The molecule has 1 heterocycles. The molecule has 2 rings (SSSR count). The summed E-state index contributed by atoms with van der Waals surface area (Å²) in [6, 6.07) is 11.1. The lowest BCUT2D eigenvalue weighted by molar-refractivity contribution is 0.202. The van der Waals surface area contributed by atoms with Gasteiger partial charge in [-0.2, -0.15) is 0 Å². The molecule has 0 aliphatic heterocycles. The van der Waals surface area contributed by atoms with Crippen LogP contribution in [0.15, 0.2) is 48.8 Å². The maximum atomic E-state index is 12.7. The average molecular weight is 328 g/mol. The summed E-state index contributed by atoms with van der Waals surface area (Å²) >= 11 is 0. The Balaban J connectivity index is 2.11. The first-order valence-electron chi connectivity index (χ1n) is 7.82. The van der Waals surface area contributed by atoms with E-state index in [0.717, 1.165) is 12.1 Å². The van der Waals surface area contributed by atoms with Crippen LogP contribution in [0.25, 0.3) is 0 Å². The molecule has 0 aliphatic rings. The van der Waals surface area contributed by atoms with Crippen molar-refractivity contribution in [3.05, 3.63) is 54.4 Å². The Kier molecular flexibility index (Phi) is 6.57. The molecule has 0 saturated carbocycles. The Morgan fingerprint density at radius 2 is 1.96 bits per heavy atom. The highest BCUT2D eigenvalue weighted by Crippen LogP contribution is 2.23. The molecule has 0 aliphatic carbocycles. The maximum absolute atomic E-state index is 12.7. The van der Waals surface area contributed by atoms with Crippen LogP contribution in [0.4, 0.5) is 10.5 Å². The first kappa shape index (κ1) is 17.7. The van der Waals surface area contributed by atoms with E-state index in [2.05, 4.69) is 10.3 Å². The zero-order valence-electron chi connectivity index (χ0n) is 14.4. The molecule has 6 nitrogen and oxygen atoms in total. The van der Waals surface area contributed by atoms with Gasteiger partial charge in [-0.1, -0.05) is 18.2 Å². The van der Waals surface area contributed by atoms with Crippen molar-refractivity contribution < 1.29 is 9.53 Å². The van der Waals surface area contributed by atoms with Crippen LogP contribution < -0.4 is 10.1 Å². The van der Waals surface area contributed by atoms with E-state index in [9.17, 15) is 4.79 Å². The van der Waals surface area contributed by atoms with Crippen molar-refractivity contribution in [3.63, 3.8) is 0 Å². The average Bonchev–Trinajstić information content (AvgIpc) is 2.59. The highest BCUT2D eigenvalue weighted by Gasteiger charge is 2.16. The van der Waals surface area contributed by atoms with Crippen molar-refractivity contribution in [1.29, 1.82) is 0 Å². The van der Waals surface area contributed by atoms with Crippen molar-refractivity contribution in [3.8, 4) is 5.75 Å². The number of nitrogens with zero attached hydrogens (tertiary/aromatic N) is 3. The lowest BCUT2D eigenvalue weighted by atomic mass is 10.2. The van der Waals surface area contributed by atoms with E-state index in [1.807, 2.05) is 55.4 Å². The molecule has 0 unspecified atom stereocenters. The summed E-state index contributed by atoms with van der Waals surface area (Å²) in [7, 11) is 5.56. The van der Waals surface area contributed by atoms with Crippen molar-refractivity contribution in [2.75, 3.05) is 39.6 Å². The van der Waals surface area contributed by atoms with Crippen LogP contribution in [-0.2, 0) is 6.54 Å². The van der Waals surface area contributed by atoms with E-state index in [0.29, 0.717) is 24.5 Å². The van der Waals surface area contributed by atoms with Crippen molar-refractivity contribution in [2.45, 2.75) is 6.54 Å². The number of para-hydroxylation sites is 2. The predicted octanol–water partition coefficient (Wildman–Crippen LogP) is 2.69. The molecule has 1 aromatic heterocycles. The number of ether oxygens (including phenoxy) is 1. The number of methoxy groups -OCH3 is 1. The van der Waals surface area contributed by atoms with E-state index in [1.54, 1.807) is 24.4 Å². The Hall–Kier alpha value is -2.60. The van der Waals surface area contributed by atoms with Crippen molar-refractivity contribution >= 4 is 11.7 Å². The molecule has 0 fully saturated rings. The number of urea groups is 1. The molecular formula is C18H24N4O2. The summed E-state index contributed by atoms with van der Waals surface area (Å²) < 4.78 is 5.29. The predicted molar refractivity (Wildman–Crippen MR) is 95.2 cm³/mol. The molecule has 24 heavy (non-hydrogen) atoms. The molecule has 0 radical (unpaired) electrons. The van der Waals surface area contributed by atoms with Crippen LogP contribution in [0, 0.1) is 0 Å². The second kappa shape index (κ2) is 8.88. The van der Waals surface area contributed by atoms with Gasteiger partial charge in [0.25, 0.3) is 0 Å². The fourth-order valence-electron chi connectivity index (χ4n) is 2.23. The Morgan fingerprint density at radius 3 is 2.62 bits per heavy atom. The number of aromatic nitrogens is 1. The molecule has 0 spiro atoms. The van der Waals surface area contributed by atoms with Gasteiger partial charge in [0.2, 0.25) is 0 Å². The molecule has 2 amide bonds. The van der Waals surface area contributed by atoms with Gasteiger partial charge in [-0.15, -0.1) is 0 Å². The number of rotatable bonds is 7. The lowest BCUT2D eigenvalue weighted by Crippen LogP contribution is -2.39. The molecule has 0 atom stereocenters. The molecule has 1 N–H and O–H groups in total. The standard InChI is InChI=1S/C18H24N4O2/c1-21(2)11-12-22(14-15-7-6-10-19-13-15)18(23)20-16-8-4-5-9-17(16)24-3/h4-10,13H,11-12,14H2,1-3H3,(H,20,23). The minimum atomic E-state index is -0.162. The zero-order valence-corrected chi connectivity index (χ0v) is 14.4. The summed E-state index contributed by atoms with van der Waals surface area (Å²) in [5.74, 6) is 0.639. The number of anilines is 1. The van der Waals surface area contributed by atoms with Gasteiger partial charge < -0.3 is 19.9 Å². The Labute approximate surface area is 143 Å². The van der Waals surface area contributed by atoms with E-state index >= 15 is 0 Å². The van der Waals surface area contributed by atoms with Crippen LogP contribution in [0.2, 0.25) is 0 Å². The number of hydrogen-bond donors (Lipinski definition) is 1. The third kappa shape index (κ3) is 5.24. The largest absolute Gasteiger partial charge is 0.495 e. The summed E-state index contributed by atoms with van der Waals surface area (Å²) in [6.07, 6.45) is 3.50. The number of carbonyl (C=O) groups is 1. The second-order valence-corrected chi connectivity index (χ2v) is 5.72. The topological polar surface area (TPSA) is 57.7 Å². The van der Waals surface area contributed by atoms with E-state index in [-0.39, 0.29) is 6.03 Å². The number of likely N-dealkylation sites (N-methyl/N-ethyl adjacent to an activating group) is 1. The molecule has 0 saturated heterocycles. The van der Waals surface area contributed by atoms with Crippen LogP contribution in [0.3, 0.4) is 0 Å². The van der Waals surface area contributed by atoms with Gasteiger partial charge in [-0.25, -0.2) is 4.79 Å². The van der Waals surface area contributed by atoms with Gasteiger partial charge in [0.1, 0.15) is 5.75 Å². The normalized spacial score (nSPS) is 10.5. The summed E-state index contributed by atoms with van der Waals surface area (Å²) in [6.45, 7) is 1.89. The van der Waals surface area contributed by atoms with E-state index in [1.165, 1.54) is 0 Å². The van der Waals surface area contributed by atoms with Crippen LogP contribution >= 0.6 is 0 Å². The van der Waals surface area contributed by atoms with E-state index in [4.69, 9.17) is 4.74 Å². The first-order valence-corrected chi connectivity index (χ1v) is 7.82. The quantitative estimate of drug-likeness (QED) is 0.849. The zero-order chi connectivity index (χ0) is 17.4. The van der Waals surface area contributed by atoms with Crippen LogP contribution in [0.5, 0.6) is 5.75 Å². The van der Waals surface area contributed by atoms with Crippen LogP contribution in [0.1, 0.15) is 5.56 Å². The number of benzene rings is 1. The SMILES string of the molecule is COc1ccccc1NC(=O)N(CCN(C)C)Cc1cccnc1. The van der Waals surface area contributed by atoms with Gasteiger partial charge in [-0.05, 0) is 37.9 Å². The third-order valence-corrected chi connectivity index (χ3v) is 3.55. The van der Waals surface area contributed by atoms with Crippen LogP contribution in [-0.4, -0.2) is 55.1 Å². The third-order valence-electron chi connectivity index (χ3n) is 3.55.